The zero-order valence-corrected chi connectivity index (χ0v) is 20.9. The third-order valence-electron chi connectivity index (χ3n) is 6.56. The van der Waals surface area contributed by atoms with Crippen molar-refractivity contribution < 1.29 is 27.4 Å². The van der Waals surface area contributed by atoms with Gasteiger partial charge >= 0.3 is 12.1 Å². The minimum atomic E-state index is -4.37. The van der Waals surface area contributed by atoms with Crippen molar-refractivity contribution in [2.24, 2.45) is 0 Å². The van der Waals surface area contributed by atoms with Crippen LogP contribution in [0.2, 0.25) is 0 Å². The van der Waals surface area contributed by atoms with Gasteiger partial charge in [-0.1, -0.05) is 31.2 Å². The van der Waals surface area contributed by atoms with Crippen molar-refractivity contribution in [1.82, 2.24) is 9.97 Å². The number of esters is 1. The van der Waals surface area contributed by atoms with Crippen molar-refractivity contribution >= 4 is 11.9 Å². The molecule has 9 heteroatoms. The van der Waals surface area contributed by atoms with Crippen molar-refractivity contribution in [3.8, 4) is 5.75 Å². The smallest absolute Gasteiger partial charge is 0.416 e. The van der Waals surface area contributed by atoms with Crippen LogP contribution in [0.1, 0.15) is 47.6 Å². The minimum absolute atomic E-state index is 0.0501. The maximum absolute atomic E-state index is 13.0. The summed E-state index contributed by atoms with van der Waals surface area (Å²) in [5, 5.41) is 0. The lowest BCUT2D eigenvalue weighted by atomic mass is 9.94. The summed E-state index contributed by atoms with van der Waals surface area (Å²) in [5.41, 5.74) is 3.01. The van der Waals surface area contributed by atoms with Crippen LogP contribution in [0, 0.1) is 0 Å². The van der Waals surface area contributed by atoms with Crippen LogP contribution in [-0.2, 0) is 41.5 Å². The Morgan fingerprint density at radius 3 is 2.49 bits per heavy atom. The molecule has 196 valence electrons. The first-order valence-corrected chi connectivity index (χ1v) is 12.3. The summed E-state index contributed by atoms with van der Waals surface area (Å²) in [6, 6.07) is 10.9. The van der Waals surface area contributed by atoms with E-state index in [1.165, 1.54) is 19.2 Å². The summed E-state index contributed by atoms with van der Waals surface area (Å²) >= 11 is 0. The average molecular weight is 514 g/mol. The van der Waals surface area contributed by atoms with Crippen molar-refractivity contribution in [1.29, 1.82) is 0 Å². The zero-order valence-electron chi connectivity index (χ0n) is 20.9. The van der Waals surface area contributed by atoms with Crippen molar-refractivity contribution in [3.63, 3.8) is 0 Å². The fourth-order valence-electron chi connectivity index (χ4n) is 4.41. The molecular weight excluding hydrogens is 483 g/mol. The highest BCUT2D eigenvalue weighted by atomic mass is 19.4. The van der Waals surface area contributed by atoms with Crippen LogP contribution >= 0.6 is 0 Å². The third-order valence-corrected chi connectivity index (χ3v) is 6.56. The Balaban J connectivity index is 1.47. The first-order chi connectivity index (χ1) is 17.8. The lowest BCUT2D eigenvalue weighted by Gasteiger charge is -2.30. The molecule has 0 saturated heterocycles. The Morgan fingerprint density at radius 1 is 1.11 bits per heavy atom. The van der Waals surface area contributed by atoms with Crippen LogP contribution in [0.15, 0.2) is 54.9 Å². The van der Waals surface area contributed by atoms with E-state index in [1.807, 2.05) is 30.0 Å². The monoisotopic (exact) mass is 513 g/mol. The molecule has 0 spiro atoms. The standard InChI is InChI=1S/C28H30F3N3O3/c1-3-19-16-32-27(33-17-19)34(18-20-7-9-22(10-8-20)28(29,30)31)14-13-23-11-12-24-21(15-26(35)36-2)5-4-6-25(24)37-23/h4-10,16-17,23H,3,11-15,18H2,1-2H3. The molecule has 2 aromatic carbocycles. The van der Waals surface area contributed by atoms with E-state index >= 15 is 0 Å². The number of carbonyl (C=O) groups is 1. The Labute approximate surface area is 214 Å². The van der Waals surface area contributed by atoms with Gasteiger partial charge in [-0.05, 0) is 59.7 Å². The number of rotatable bonds is 9. The van der Waals surface area contributed by atoms with E-state index < -0.39 is 11.7 Å². The SMILES string of the molecule is CCc1cnc(N(CCC2CCc3c(CC(=O)OC)cccc3O2)Cc2ccc(C(F)(F)F)cc2)nc1. The molecule has 1 aromatic heterocycles. The molecule has 1 unspecified atom stereocenters. The lowest BCUT2D eigenvalue weighted by molar-refractivity contribution is -0.140. The van der Waals surface area contributed by atoms with Gasteiger partial charge in [-0.3, -0.25) is 4.79 Å². The van der Waals surface area contributed by atoms with Crippen LogP contribution in [0.25, 0.3) is 0 Å². The number of benzene rings is 2. The number of nitrogens with zero attached hydrogens (tertiary/aromatic N) is 3. The summed E-state index contributed by atoms with van der Waals surface area (Å²) in [7, 11) is 1.38. The number of anilines is 1. The number of ether oxygens (including phenoxy) is 2. The molecule has 0 fully saturated rings. The molecule has 6 nitrogen and oxygen atoms in total. The van der Waals surface area contributed by atoms with E-state index in [0.29, 0.717) is 25.5 Å². The number of alkyl halides is 3. The van der Waals surface area contributed by atoms with Gasteiger partial charge in [-0.15, -0.1) is 0 Å². The van der Waals surface area contributed by atoms with E-state index in [0.717, 1.165) is 59.4 Å². The van der Waals surface area contributed by atoms with E-state index in [4.69, 9.17) is 9.47 Å². The molecule has 2 heterocycles. The highest BCUT2D eigenvalue weighted by Crippen LogP contribution is 2.32. The zero-order chi connectivity index (χ0) is 26.4. The first-order valence-electron chi connectivity index (χ1n) is 12.3. The summed E-state index contributed by atoms with van der Waals surface area (Å²) in [5.74, 6) is 1.01. The van der Waals surface area contributed by atoms with Crippen molar-refractivity contribution in [3.05, 3.63) is 82.7 Å². The van der Waals surface area contributed by atoms with Gasteiger partial charge in [-0.2, -0.15) is 13.2 Å². The summed E-state index contributed by atoms with van der Waals surface area (Å²) < 4.78 is 50.0. The number of methoxy groups -OCH3 is 1. The van der Waals surface area contributed by atoms with Crippen LogP contribution in [-0.4, -0.2) is 35.7 Å². The molecule has 3 aromatic rings. The van der Waals surface area contributed by atoms with E-state index in [-0.39, 0.29) is 18.5 Å². The second kappa shape index (κ2) is 11.6. The normalized spacial score (nSPS) is 15.0. The molecule has 0 amide bonds. The van der Waals surface area contributed by atoms with Crippen LogP contribution in [0.3, 0.4) is 0 Å². The van der Waals surface area contributed by atoms with Crippen LogP contribution < -0.4 is 9.64 Å². The Bertz CT molecular complexity index is 1200. The highest BCUT2D eigenvalue weighted by Gasteiger charge is 2.30. The van der Waals surface area contributed by atoms with Gasteiger partial charge in [0.05, 0.1) is 19.1 Å². The molecular formula is C28H30F3N3O3. The van der Waals surface area contributed by atoms with Gasteiger partial charge in [0.2, 0.25) is 5.95 Å². The van der Waals surface area contributed by atoms with Gasteiger partial charge in [-0.25, -0.2) is 9.97 Å². The van der Waals surface area contributed by atoms with E-state index in [1.54, 1.807) is 12.4 Å². The molecule has 0 radical (unpaired) electrons. The second-order valence-corrected chi connectivity index (χ2v) is 9.08. The van der Waals surface area contributed by atoms with Crippen molar-refractivity contribution in [2.75, 3.05) is 18.6 Å². The summed E-state index contributed by atoms with van der Waals surface area (Å²) in [6.45, 7) is 2.96. The van der Waals surface area contributed by atoms with E-state index in [9.17, 15) is 18.0 Å². The van der Waals surface area contributed by atoms with Crippen molar-refractivity contribution in [2.45, 2.75) is 57.9 Å². The number of aryl methyl sites for hydroxylation is 1. The Hall–Kier alpha value is -3.62. The van der Waals surface area contributed by atoms with Gasteiger partial charge in [0.15, 0.2) is 0 Å². The molecule has 0 N–H and O–H groups in total. The number of fused-ring (bicyclic) bond motifs is 1. The number of halogens is 3. The third kappa shape index (κ3) is 6.78. The average Bonchev–Trinajstić information content (AvgIpc) is 2.90. The predicted molar refractivity (Wildman–Crippen MR) is 133 cm³/mol. The number of aromatic nitrogens is 2. The molecule has 37 heavy (non-hydrogen) atoms. The quantitative estimate of drug-likeness (QED) is 0.349. The van der Waals surface area contributed by atoms with Gasteiger partial charge in [0.1, 0.15) is 11.9 Å². The lowest BCUT2D eigenvalue weighted by Crippen LogP contribution is -2.32. The highest BCUT2D eigenvalue weighted by molar-refractivity contribution is 5.73. The number of carbonyl (C=O) groups excluding carboxylic acids is 1. The molecule has 4 rings (SSSR count). The molecule has 1 aliphatic rings. The van der Waals surface area contributed by atoms with Crippen LogP contribution in [0.4, 0.5) is 19.1 Å². The first kappa shape index (κ1) is 26.4. The molecule has 1 atom stereocenters. The topological polar surface area (TPSA) is 64.6 Å². The molecule has 0 bridgehead atoms. The minimum Gasteiger partial charge on any atom is -0.490 e. The van der Waals surface area contributed by atoms with Gasteiger partial charge < -0.3 is 14.4 Å². The maximum atomic E-state index is 13.0. The summed E-state index contributed by atoms with van der Waals surface area (Å²) in [6.07, 6.45) is 2.40. The largest absolute Gasteiger partial charge is 0.490 e. The second-order valence-electron chi connectivity index (χ2n) is 9.08. The predicted octanol–water partition coefficient (Wildman–Crippen LogP) is 5.56. The molecule has 0 saturated carbocycles. The maximum Gasteiger partial charge on any atom is 0.416 e. The van der Waals surface area contributed by atoms with Gasteiger partial charge in [0, 0.05) is 31.9 Å². The molecule has 1 aliphatic heterocycles. The van der Waals surface area contributed by atoms with E-state index in [2.05, 4.69) is 9.97 Å². The molecule has 0 aliphatic carbocycles. The Morgan fingerprint density at radius 2 is 1.84 bits per heavy atom. The van der Waals surface area contributed by atoms with Crippen LogP contribution in [0.5, 0.6) is 5.75 Å². The van der Waals surface area contributed by atoms with Gasteiger partial charge in [0.25, 0.3) is 0 Å². The Kier molecular flexibility index (Phi) is 8.31. The number of hydrogen-bond acceptors (Lipinski definition) is 6. The fraction of sp³-hybridized carbons (Fsp3) is 0.393. The number of hydrogen-bond donors (Lipinski definition) is 0. The fourth-order valence-corrected chi connectivity index (χ4v) is 4.41. The summed E-state index contributed by atoms with van der Waals surface area (Å²) in [4.78, 5) is 22.7.